The molecule has 0 bridgehead atoms. The number of rotatable bonds is 4. The zero-order valence-corrected chi connectivity index (χ0v) is 16.2. The van der Waals surface area contributed by atoms with Gasteiger partial charge in [-0.3, -0.25) is 9.59 Å². The van der Waals surface area contributed by atoms with E-state index in [4.69, 9.17) is 14.8 Å². The number of hydrogen-bond donors (Lipinski definition) is 1. The summed E-state index contributed by atoms with van der Waals surface area (Å²) in [6.07, 6.45) is -0.606. The Morgan fingerprint density at radius 2 is 1.93 bits per heavy atom. The molecule has 0 radical (unpaired) electrons. The van der Waals surface area contributed by atoms with Crippen molar-refractivity contribution in [1.29, 1.82) is 0 Å². The van der Waals surface area contributed by atoms with Crippen LogP contribution in [0.5, 0.6) is 0 Å². The molecule has 1 aliphatic heterocycles. The van der Waals surface area contributed by atoms with Crippen molar-refractivity contribution in [3.8, 4) is 11.3 Å². The first kappa shape index (κ1) is 19.1. The second-order valence-electron chi connectivity index (χ2n) is 7.28. The molecule has 1 fully saturated rings. The Labute approximate surface area is 168 Å². The summed E-state index contributed by atoms with van der Waals surface area (Å²) in [6.45, 7) is 3.06. The zero-order chi connectivity index (χ0) is 20.4. The van der Waals surface area contributed by atoms with Crippen molar-refractivity contribution in [2.45, 2.75) is 19.4 Å². The molecule has 6 heteroatoms. The average Bonchev–Trinajstić information content (AvgIpc) is 2.72. The van der Waals surface area contributed by atoms with Crippen molar-refractivity contribution < 1.29 is 19.4 Å². The first-order valence-corrected chi connectivity index (χ1v) is 9.61. The van der Waals surface area contributed by atoms with Crippen LogP contribution in [0.4, 0.5) is 0 Å². The molecule has 0 saturated carbocycles. The van der Waals surface area contributed by atoms with Gasteiger partial charge in [0.2, 0.25) is 0 Å². The summed E-state index contributed by atoms with van der Waals surface area (Å²) >= 11 is 0. The lowest BCUT2D eigenvalue weighted by Crippen LogP contribution is -2.46. The van der Waals surface area contributed by atoms with E-state index in [0.717, 1.165) is 27.7 Å². The highest BCUT2D eigenvalue weighted by Crippen LogP contribution is 2.27. The van der Waals surface area contributed by atoms with Crippen LogP contribution in [0.1, 0.15) is 22.3 Å². The monoisotopic (exact) mass is 390 g/mol. The van der Waals surface area contributed by atoms with Gasteiger partial charge in [0, 0.05) is 24.0 Å². The summed E-state index contributed by atoms with van der Waals surface area (Å²) in [5, 5.41) is 9.83. The molecule has 1 aromatic heterocycles. The Hall–Kier alpha value is -3.25. The lowest BCUT2D eigenvalue weighted by atomic mass is 10.0. The molecule has 1 aliphatic rings. The molecule has 4 rings (SSSR count). The fraction of sp³-hybridized carbons (Fsp3) is 0.261. The molecule has 1 amide bonds. The molecule has 1 N–H and O–H groups in total. The lowest BCUT2D eigenvalue weighted by Gasteiger charge is -2.32. The number of nitrogens with zero attached hydrogens (tertiary/aromatic N) is 2. The van der Waals surface area contributed by atoms with Crippen LogP contribution in [0.25, 0.3) is 22.2 Å². The number of ether oxygens (including phenoxy) is 1. The van der Waals surface area contributed by atoms with E-state index in [1.807, 2.05) is 61.5 Å². The number of aryl methyl sites for hydroxylation is 1. The third-order valence-corrected chi connectivity index (χ3v) is 5.12. The van der Waals surface area contributed by atoms with E-state index in [1.54, 1.807) is 4.90 Å². The molecule has 29 heavy (non-hydrogen) atoms. The number of carboxylic acid groups (broad SMARTS) is 1. The Morgan fingerprint density at radius 1 is 1.17 bits per heavy atom. The van der Waals surface area contributed by atoms with E-state index in [1.165, 1.54) is 0 Å². The van der Waals surface area contributed by atoms with Crippen LogP contribution in [0, 0.1) is 6.92 Å². The van der Waals surface area contributed by atoms with E-state index < -0.39 is 12.1 Å². The minimum atomic E-state index is -0.930. The number of carbonyl (C=O) groups excluding carboxylic acids is 1. The van der Waals surface area contributed by atoms with E-state index in [9.17, 15) is 9.59 Å². The van der Waals surface area contributed by atoms with E-state index in [2.05, 4.69) is 0 Å². The Balaban J connectivity index is 1.72. The average molecular weight is 390 g/mol. The number of fused-ring (bicyclic) bond motifs is 1. The molecule has 3 aromatic rings. The Morgan fingerprint density at radius 3 is 2.69 bits per heavy atom. The number of aliphatic carboxylic acids is 1. The third-order valence-electron chi connectivity index (χ3n) is 5.12. The van der Waals surface area contributed by atoms with Crippen LogP contribution in [-0.2, 0) is 9.53 Å². The number of pyridine rings is 1. The van der Waals surface area contributed by atoms with Crippen molar-refractivity contribution in [2.24, 2.45) is 0 Å². The van der Waals surface area contributed by atoms with Crippen molar-refractivity contribution in [1.82, 2.24) is 9.88 Å². The maximum Gasteiger partial charge on any atom is 0.306 e. The van der Waals surface area contributed by atoms with Crippen molar-refractivity contribution in [3.05, 3.63) is 65.7 Å². The molecule has 148 valence electrons. The fourth-order valence-corrected chi connectivity index (χ4v) is 3.62. The maximum atomic E-state index is 13.4. The van der Waals surface area contributed by atoms with Crippen molar-refractivity contribution in [3.63, 3.8) is 0 Å². The summed E-state index contributed by atoms with van der Waals surface area (Å²) in [4.78, 5) is 30.8. The van der Waals surface area contributed by atoms with Gasteiger partial charge >= 0.3 is 5.97 Å². The van der Waals surface area contributed by atoms with Gasteiger partial charge < -0.3 is 14.7 Å². The van der Waals surface area contributed by atoms with Gasteiger partial charge in [-0.25, -0.2) is 4.98 Å². The van der Waals surface area contributed by atoms with Crippen LogP contribution >= 0.6 is 0 Å². The van der Waals surface area contributed by atoms with Gasteiger partial charge in [0.05, 0.1) is 35.9 Å². The molecule has 0 spiro atoms. The highest BCUT2D eigenvalue weighted by Gasteiger charge is 2.28. The maximum absolute atomic E-state index is 13.4. The van der Waals surface area contributed by atoms with Crippen molar-refractivity contribution in [2.75, 3.05) is 19.7 Å². The van der Waals surface area contributed by atoms with Crippen LogP contribution in [0.3, 0.4) is 0 Å². The second kappa shape index (κ2) is 8.01. The van der Waals surface area contributed by atoms with Gasteiger partial charge in [-0.1, -0.05) is 48.0 Å². The molecular formula is C23H22N2O4. The van der Waals surface area contributed by atoms with Crippen LogP contribution < -0.4 is 0 Å². The lowest BCUT2D eigenvalue weighted by molar-refractivity contribution is -0.141. The number of morpholine rings is 1. The van der Waals surface area contributed by atoms with Gasteiger partial charge in [0.25, 0.3) is 5.91 Å². The van der Waals surface area contributed by atoms with Crippen LogP contribution in [-0.4, -0.2) is 52.7 Å². The van der Waals surface area contributed by atoms with Gasteiger partial charge in [-0.2, -0.15) is 0 Å². The normalized spacial score (nSPS) is 16.7. The SMILES string of the molecule is Cc1ccc(-c2cc(C(=O)N3CCOC(CC(=O)O)C3)c3ccccc3n2)cc1. The predicted octanol–water partition coefficient (Wildman–Crippen LogP) is 3.53. The number of amides is 1. The first-order chi connectivity index (χ1) is 14.0. The minimum absolute atomic E-state index is 0.116. The van der Waals surface area contributed by atoms with Gasteiger partial charge in [-0.05, 0) is 19.1 Å². The number of hydrogen-bond acceptors (Lipinski definition) is 4. The number of aromatic nitrogens is 1. The largest absolute Gasteiger partial charge is 0.481 e. The summed E-state index contributed by atoms with van der Waals surface area (Å²) in [5.41, 5.74) is 4.17. The summed E-state index contributed by atoms with van der Waals surface area (Å²) in [6, 6.07) is 17.4. The van der Waals surface area contributed by atoms with Crippen LogP contribution in [0.2, 0.25) is 0 Å². The fourth-order valence-electron chi connectivity index (χ4n) is 3.62. The highest BCUT2D eigenvalue weighted by atomic mass is 16.5. The second-order valence-corrected chi connectivity index (χ2v) is 7.28. The molecule has 6 nitrogen and oxygen atoms in total. The third kappa shape index (κ3) is 4.12. The standard InChI is InChI=1S/C23H22N2O4/c1-15-6-8-16(9-7-15)21-13-19(18-4-2-3-5-20(18)24-21)23(28)25-10-11-29-17(14-25)12-22(26)27/h2-9,13,17H,10-12,14H2,1H3,(H,26,27). The quantitative estimate of drug-likeness (QED) is 0.737. The number of benzene rings is 2. The summed E-state index contributed by atoms with van der Waals surface area (Å²) in [7, 11) is 0. The highest BCUT2D eigenvalue weighted by molar-refractivity contribution is 6.07. The van der Waals surface area contributed by atoms with Gasteiger partial charge in [0.15, 0.2) is 0 Å². The molecule has 2 aromatic carbocycles. The van der Waals surface area contributed by atoms with E-state index in [-0.39, 0.29) is 18.9 Å². The molecule has 2 heterocycles. The first-order valence-electron chi connectivity index (χ1n) is 9.61. The zero-order valence-electron chi connectivity index (χ0n) is 16.2. The molecule has 1 unspecified atom stereocenters. The van der Waals surface area contributed by atoms with Gasteiger partial charge in [0.1, 0.15) is 0 Å². The molecule has 0 aliphatic carbocycles. The number of carboxylic acids is 1. The van der Waals surface area contributed by atoms with E-state index >= 15 is 0 Å². The summed E-state index contributed by atoms with van der Waals surface area (Å²) < 4.78 is 5.51. The molecular weight excluding hydrogens is 368 g/mol. The predicted molar refractivity (Wildman–Crippen MR) is 110 cm³/mol. The Bertz CT molecular complexity index is 1060. The van der Waals surface area contributed by atoms with Crippen LogP contribution in [0.15, 0.2) is 54.6 Å². The topological polar surface area (TPSA) is 79.7 Å². The van der Waals surface area contributed by atoms with Crippen molar-refractivity contribution >= 4 is 22.8 Å². The molecule has 1 saturated heterocycles. The van der Waals surface area contributed by atoms with E-state index in [0.29, 0.717) is 18.7 Å². The molecule has 1 atom stereocenters. The number of para-hydroxylation sites is 1. The number of carbonyl (C=O) groups is 2. The summed E-state index contributed by atoms with van der Waals surface area (Å²) in [5.74, 6) is -1.06. The Kier molecular flexibility index (Phi) is 5.27. The smallest absolute Gasteiger partial charge is 0.306 e. The minimum Gasteiger partial charge on any atom is -0.481 e. The van der Waals surface area contributed by atoms with Gasteiger partial charge in [-0.15, -0.1) is 0 Å².